The highest BCUT2D eigenvalue weighted by Gasteiger charge is 2.35. The summed E-state index contributed by atoms with van der Waals surface area (Å²) in [6, 6.07) is 0. The third-order valence-corrected chi connectivity index (χ3v) is 3.65. The number of rotatable bonds is 3. The summed E-state index contributed by atoms with van der Waals surface area (Å²) in [5.41, 5.74) is -1.97. The number of likely N-dealkylation sites (tertiary alicyclic amines) is 1. The second kappa shape index (κ2) is 5.91. The second-order valence-corrected chi connectivity index (χ2v) is 6.35. The standard InChI is InChI=1S/C14H20F3N3O2/c1-13(2,22)6-11(21)20-5-3-4-9(8-20)12-18-7-10(19-12)14(15,16)17/h7,9,22H,3-6,8H2,1-2H3,(H,18,19)/t9-/m0/s1. The van der Waals surface area contributed by atoms with Crippen LogP contribution in [-0.2, 0) is 11.0 Å². The van der Waals surface area contributed by atoms with Gasteiger partial charge in [0.25, 0.3) is 0 Å². The molecule has 22 heavy (non-hydrogen) atoms. The Balaban J connectivity index is 2.04. The van der Waals surface area contributed by atoms with Gasteiger partial charge in [0.05, 0.1) is 18.2 Å². The van der Waals surface area contributed by atoms with E-state index in [0.717, 1.165) is 6.20 Å². The first-order valence-corrected chi connectivity index (χ1v) is 7.18. The number of aliphatic hydroxyl groups is 1. The number of H-pyrrole nitrogens is 1. The number of hydrogen-bond acceptors (Lipinski definition) is 3. The minimum Gasteiger partial charge on any atom is -0.390 e. The average molecular weight is 319 g/mol. The van der Waals surface area contributed by atoms with Crippen LogP contribution in [0.5, 0.6) is 0 Å². The summed E-state index contributed by atoms with van der Waals surface area (Å²) in [5, 5.41) is 9.70. The van der Waals surface area contributed by atoms with Crippen molar-refractivity contribution in [3.05, 3.63) is 17.7 Å². The lowest BCUT2D eigenvalue weighted by molar-refractivity contribution is -0.141. The molecule has 0 aliphatic carbocycles. The lowest BCUT2D eigenvalue weighted by atomic mass is 9.96. The largest absolute Gasteiger partial charge is 0.432 e. The highest BCUT2D eigenvalue weighted by atomic mass is 19.4. The summed E-state index contributed by atoms with van der Waals surface area (Å²) < 4.78 is 37.8. The van der Waals surface area contributed by atoms with Crippen LogP contribution in [0.1, 0.15) is 50.5 Å². The molecule has 2 heterocycles. The van der Waals surface area contributed by atoms with Crippen LogP contribution in [0.2, 0.25) is 0 Å². The van der Waals surface area contributed by atoms with Crippen LogP contribution in [-0.4, -0.2) is 44.6 Å². The van der Waals surface area contributed by atoms with E-state index in [1.165, 1.54) is 0 Å². The summed E-state index contributed by atoms with van der Waals surface area (Å²) in [5.74, 6) is -0.177. The van der Waals surface area contributed by atoms with Crippen LogP contribution in [0.25, 0.3) is 0 Å². The maximum absolute atomic E-state index is 12.6. The Morgan fingerprint density at radius 3 is 2.73 bits per heavy atom. The normalized spacial score (nSPS) is 20.3. The fourth-order valence-corrected chi connectivity index (χ4v) is 2.60. The molecule has 2 N–H and O–H groups in total. The van der Waals surface area contributed by atoms with Crippen molar-refractivity contribution in [3.63, 3.8) is 0 Å². The van der Waals surface area contributed by atoms with Gasteiger partial charge in [0.1, 0.15) is 11.5 Å². The lowest BCUT2D eigenvalue weighted by Gasteiger charge is -2.33. The van der Waals surface area contributed by atoms with E-state index in [9.17, 15) is 23.1 Å². The topological polar surface area (TPSA) is 69.2 Å². The first-order chi connectivity index (χ1) is 10.1. The fraction of sp³-hybridized carbons (Fsp3) is 0.714. The SMILES string of the molecule is CC(C)(O)CC(=O)N1CCC[C@H](c2ncc(C(F)(F)F)[nH]2)C1. The smallest absolute Gasteiger partial charge is 0.390 e. The van der Waals surface area contributed by atoms with Crippen LogP contribution >= 0.6 is 0 Å². The van der Waals surface area contributed by atoms with E-state index in [-0.39, 0.29) is 24.1 Å². The predicted molar refractivity (Wildman–Crippen MR) is 73.1 cm³/mol. The Morgan fingerprint density at radius 1 is 1.50 bits per heavy atom. The van der Waals surface area contributed by atoms with Crippen LogP contribution in [0, 0.1) is 0 Å². The summed E-state index contributed by atoms with van der Waals surface area (Å²) in [6.07, 6.45) is -2.30. The maximum Gasteiger partial charge on any atom is 0.432 e. The Labute approximate surface area is 126 Å². The van der Waals surface area contributed by atoms with Crippen molar-refractivity contribution >= 4 is 5.91 Å². The highest BCUT2D eigenvalue weighted by molar-refractivity contribution is 5.77. The number of carbonyl (C=O) groups excluding carboxylic acids is 1. The molecule has 0 radical (unpaired) electrons. The van der Waals surface area contributed by atoms with Gasteiger partial charge in [-0.05, 0) is 26.7 Å². The second-order valence-electron chi connectivity index (χ2n) is 6.35. The fourth-order valence-electron chi connectivity index (χ4n) is 2.60. The van der Waals surface area contributed by atoms with E-state index < -0.39 is 17.5 Å². The van der Waals surface area contributed by atoms with E-state index in [1.54, 1.807) is 18.7 Å². The zero-order chi connectivity index (χ0) is 16.5. The van der Waals surface area contributed by atoms with E-state index in [1.807, 2.05) is 0 Å². The van der Waals surface area contributed by atoms with Gasteiger partial charge in [0, 0.05) is 19.0 Å². The van der Waals surface area contributed by atoms with Crippen molar-refractivity contribution in [2.24, 2.45) is 0 Å². The first kappa shape index (κ1) is 16.8. The lowest BCUT2D eigenvalue weighted by Crippen LogP contribution is -2.42. The number of hydrogen-bond donors (Lipinski definition) is 2. The zero-order valence-electron chi connectivity index (χ0n) is 12.6. The molecule has 1 amide bonds. The summed E-state index contributed by atoms with van der Waals surface area (Å²) in [6.45, 7) is 3.97. The molecule has 0 unspecified atom stereocenters. The van der Waals surface area contributed by atoms with E-state index in [0.29, 0.717) is 25.9 Å². The molecule has 1 aromatic heterocycles. The molecule has 0 bridgehead atoms. The molecule has 124 valence electrons. The number of piperidine rings is 1. The van der Waals surface area contributed by atoms with Gasteiger partial charge < -0.3 is 15.0 Å². The number of aromatic nitrogens is 2. The van der Waals surface area contributed by atoms with E-state index >= 15 is 0 Å². The highest BCUT2D eigenvalue weighted by Crippen LogP contribution is 2.31. The summed E-state index contributed by atoms with van der Waals surface area (Å²) in [7, 11) is 0. The molecule has 1 aliphatic rings. The number of aromatic amines is 1. The van der Waals surface area contributed by atoms with Crippen molar-refractivity contribution in [3.8, 4) is 0 Å². The number of carbonyl (C=O) groups is 1. The van der Waals surface area contributed by atoms with E-state index in [4.69, 9.17) is 0 Å². The van der Waals surface area contributed by atoms with Crippen molar-refractivity contribution in [1.82, 2.24) is 14.9 Å². The summed E-state index contributed by atoms with van der Waals surface area (Å²) >= 11 is 0. The first-order valence-electron chi connectivity index (χ1n) is 7.18. The van der Waals surface area contributed by atoms with Crippen molar-refractivity contribution in [1.29, 1.82) is 0 Å². The molecule has 1 atom stereocenters. The number of nitrogens with zero attached hydrogens (tertiary/aromatic N) is 2. The Bertz CT molecular complexity index is 534. The molecule has 8 heteroatoms. The minimum atomic E-state index is -4.45. The molecule has 0 spiro atoms. The predicted octanol–water partition coefficient (Wildman–Crippen LogP) is 2.30. The van der Waals surface area contributed by atoms with Crippen molar-refractivity contribution in [2.75, 3.05) is 13.1 Å². The molecule has 1 fully saturated rings. The molecular weight excluding hydrogens is 299 g/mol. The van der Waals surface area contributed by atoms with Crippen LogP contribution < -0.4 is 0 Å². The zero-order valence-corrected chi connectivity index (χ0v) is 12.6. The van der Waals surface area contributed by atoms with Crippen LogP contribution in [0.3, 0.4) is 0 Å². The average Bonchev–Trinajstić information content (AvgIpc) is 2.86. The number of imidazole rings is 1. The Kier molecular flexibility index (Phi) is 4.51. The molecule has 0 aromatic carbocycles. The molecule has 0 saturated carbocycles. The van der Waals surface area contributed by atoms with Crippen LogP contribution in [0.15, 0.2) is 6.20 Å². The number of halogens is 3. The molecule has 1 aliphatic heterocycles. The maximum atomic E-state index is 12.6. The molecule has 2 rings (SSSR count). The van der Waals surface area contributed by atoms with Gasteiger partial charge in [-0.15, -0.1) is 0 Å². The molecule has 1 aromatic rings. The third-order valence-electron chi connectivity index (χ3n) is 3.65. The van der Waals surface area contributed by atoms with Gasteiger partial charge in [-0.3, -0.25) is 4.79 Å². The Morgan fingerprint density at radius 2 is 2.18 bits per heavy atom. The number of nitrogens with one attached hydrogen (secondary N) is 1. The Hall–Kier alpha value is -1.57. The van der Waals surface area contributed by atoms with Gasteiger partial charge in [-0.1, -0.05) is 0 Å². The third kappa shape index (κ3) is 4.22. The van der Waals surface area contributed by atoms with E-state index in [2.05, 4.69) is 9.97 Å². The monoisotopic (exact) mass is 319 g/mol. The van der Waals surface area contributed by atoms with Crippen LogP contribution in [0.4, 0.5) is 13.2 Å². The van der Waals surface area contributed by atoms with Gasteiger partial charge >= 0.3 is 6.18 Å². The van der Waals surface area contributed by atoms with Crippen molar-refractivity contribution in [2.45, 2.75) is 50.8 Å². The van der Waals surface area contributed by atoms with Gasteiger partial charge in [0.15, 0.2) is 0 Å². The number of alkyl halides is 3. The molecule has 5 nitrogen and oxygen atoms in total. The van der Waals surface area contributed by atoms with Crippen molar-refractivity contribution < 1.29 is 23.1 Å². The van der Waals surface area contributed by atoms with Gasteiger partial charge in [0.2, 0.25) is 5.91 Å². The number of amides is 1. The molecule has 1 saturated heterocycles. The molecular formula is C14H20F3N3O2. The van der Waals surface area contributed by atoms with Gasteiger partial charge in [-0.25, -0.2) is 4.98 Å². The quantitative estimate of drug-likeness (QED) is 0.898. The minimum absolute atomic E-state index is 0.00826. The summed E-state index contributed by atoms with van der Waals surface area (Å²) in [4.78, 5) is 19.8. The van der Waals surface area contributed by atoms with Gasteiger partial charge in [-0.2, -0.15) is 13.2 Å².